The Kier molecular flexibility index (Phi) is 4.21. The van der Waals surface area contributed by atoms with E-state index in [-0.39, 0.29) is 0 Å². The summed E-state index contributed by atoms with van der Waals surface area (Å²) in [5.74, 6) is 1.72. The molecule has 96 valence electrons. The fourth-order valence-corrected chi connectivity index (χ4v) is 3.15. The quantitative estimate of drug-likeness (QED) is 0.868. The summed E-state index contributed by atoms with van der Waals surface area (Å²) >= 11 is 0. The molecule has 3 heteroatoms. The molecule has 1 aromatic heterocycles. The molecule has 1 aliphatic rings. The van der Waals surface area contributed by atoms with Crippen LogP contribution in [0.15, 0.2) is 12.3 Å². The van der Waals surface area contributed by atoms with Crippen molar-refractivity contribution in [3.63, 3.8) is 0 Å². The van der Waals surface area contributed by atoms with Crippen molar-refractivity contribution >= 4 is 0 Å². The molecule has 1 saturated carbocycles. The number of aromatic nitrogens is 2. The van der Waals surface area contributed by atoms with Gasteiger partial charge in [0.25, 0.3) is 0 Å². The van der Waals surface area contributed by atoms with Crippen molar-refractivity contribution in [2.75, 3.05) is 7.05 Å². The van der Waals surface area contributed by atoms with Crippen molar-refractivity contribution < 1.29 is 0 Å². The Balaban J connectivity index is 1.95. The summed E-state index contributed by atoms with van der Waals surface area (Å²) in [6.45, 7) is 2.39. The van der Waals surface area contributed by atoms with Crippen LogP contribution < -0.4 is 5.32 Å². The fourth-order valence-electron chi connectivity index (χ4n) is 3.15. The molecule has 2 rings (SSSR count). The molecule has 0 radical (unpaired) electrons. The lowest BCUT2D eigenvalue weighted by atomic mass is 9.77. The second-order valence-corrected chi connectivity index (χ2v) is 5.61. The third kappa shape index (κ3) is 3.32. The first-order valence-corrected chi connectivity index (χ1v) is 6.85. The Morgan fingerprint density at radius 1 is 1.53 bits per heavy atom. The SMILES string of the molecule is CNC(Cc1ccn(C)n1)C1CCCC(C)C1. The standard InChI is InChI=1S/C14H25N3/c1-11-5-4-6-12(9-11)14(15-2)10-13-7-8-17(3)16-13/h7-8,11-12,14-15H,4-6,9-10H2,1-3H3. The molecule has 0 spiro atoms. The average molecular weight is 235 g/mol. The number of hydrogen-bond donors (Lipinski definition) is 1. The predicted molar refractivity (Wildman–Crippen MR) is 70.9 cm³/mol. The molecule has 3 unspecified atom stereocenters. The molecule has 0 aliphatic heterocycles. The van der Waals surface area contributed by atoms with E-state index >= 15 is 0 Å². The highest BCUT2D eigenvalue weighted by molar-refractivity contribution is 5.02. The second kappa shape index (κ2) is 5.67. The van der Waals surface area contributed by atoms with Gasteiger partial charge in [-0.15, -0.1) is 0 Å². The highest BCUT2D eigenvalue weighted by Gasteiger charge is 2.26. The maximum absolute atomic E-state index is 4.49. The van der Waals surface area contributed by atoms with Crippen molar-refractivity contribution in [2.24, 2.45) is 18.9 Å². The molecule has 3 atom stereocenters. The van der Waals surface area contributed by atoms with E-state index < -0.39 is 0 Å². The van der Waals surface area contributed by atoms with Crippen molar-refractivity contribution in [3.8, 4) is 0 Å². The molecule has 1 N–H and O–H groups in total. The Morgan fingerprint density at radius 2 is 2.35 bits per heavy atom. The Labute approximate surface area is 105 Å². The van der Waals surface area contributed by atoms with E-state index in [1.807, 2.05) is 17.9 Å². The lowest BCUT2D eigenvalue weighted by Crippen LogP contribution is -2.38. The number of nitrogens with zero attached hydrogens (tertiary/aromatic N) is 2. The second-order valence-electron chi connectivity index (χ2n) is 5.61. The van der Waals surface area contributed by atoms with Crippen LogP contribution in [0.25, 0.3) is 0 Å². The van der Waals surface area contributed by atoms with Crippen LogP contribution in [0.1, 0.15) is 38.3 Å². The first kappa shape index (κ1) is 12.6. The van der Waals surface area contributed by atoms with Crippen LogP contribution in [0.3, 0.4) is 0 Å². The zero-order valence-electron chi connectivity index (χ0n) is 11.3. The minimum Gasteiger partial charge on any atom is -0.316 e. The summed E-state index contributed by atoms with van der Waals surface area (Å²) in [5.41, 5.74) is 1.21. The third-order valence-corrected chi connectivity index (χ3v) is 4.11. The monoisotopic (exact) mass is 235 g/mol. The summed E-state index contributed by atoms with van der Waals surface area (Å²) in [4.78, 5) is 0. The van der Waals surface area contributed by atoms with Gasteiger partial charge in [0.1, 0.15) is 0 Å². The maximum Gasteiger partial charge on any atom is 0.0640 e. The van der Waals surface area contributed by atoms with Crippen LogP contribution in [-0.4, -0.2) is 22.9 Å². The van der Waals surface area contributed by atoms with Crippen LogP contribution in [0.2, 0.25) is 0 Å². The van der Waals surface area contributed by atoms with Crippen molar-refractivity contribution in [1.29, 1.82) is 0 Å². The first-order chi connectivity index (χ1) is 8.19. The van der Waals surface area contributed by atoms with E-state index in [2.05, 4.69) is 30.5 Å². The van der Waals surface area contributed by atoms with Gasteiger partial charge in [0.05, 0.1) is 5.69 Å². The van der Waals surface area contributed by atoms with E-state index in [4.69, 9.17) is 0 Å². The summed E-state index contributed by atoms with van der Waals surface area (Å²) in [6, 6.07) is 2.73. The highest BCUT2D eigenvalue weighted by atomic mass is 15.2. The van der Waals surface area contributed by atoms with Crippen molar-refractivity contribution in [2.45, 2.75) is 45.1 Å². The number of likely N-dealkylation sites (N-methyl/N-ethyl adjacent to an activating group) is 1. The van der Waals surface area contributed by atoms with Crippen LogP contribution in [0, 0.1) is 11.8 Å². The molecule has 0 bridgehead atoms. The molecule has 1 fully saturated rings. The first-order valence-electron chi connectivity index (χ1n) is 6.85. The van der Waals surface area contributed by atoms with Gasteiger partial charge in [0, 0.05) is 25.7 Å². The normalized spacial score (nSPS) is 27.0. The Hall–Kier alpha value is -0.830. The molecule has 3 nitrogen and oxygen atoms in total. The van der Waals surface area contributed by atoms with E-state index in [0.29, 0.717) is 6.04 Å². The summed E-state index contributed by atoms with van der Waals surface area (Å²) < 4.78 is 1.89. The van der Waals surface area contributed by atoms with Gasteiger partial charge in [-0.3, -0.25) is 4.68 Å². The number of nitrogens with one attached hydrogen (secondary N) is 1. The molecular weight excluding hydrogens is 210 g/mol. The largest absolute Gasteiger partial charge is 0.316 e. The lowest BCUT2D eigenvalue weighted by Gasteiger charge is -2.32. The molecule has 1 heterocycles. The molecule has 1 aliphatic carbocycles. The Morgan fingerprint density at radius 3 is 2.94 bits per heavy atom. The van der Waals surface area contributed by atoms with Crippen LogP contribution in [0.4, 0.5) is 0 Å². The number of hydrogen-bond acceptors (Lipinski definition) is 2. The van der Waals surface area contributed by atoms with Gasteiger partial charge in [-0.1, -0.05) is 19.8 Å². The summed E-state index contributed by atoms with van der Waals surface area (Å²) in [7, 11) is 4.08. The average Bonchev–Trinajstić information content (AvgIpc) is 2.72. The van der Waals surface area contributed by atoms with Crippen molar-refractivity contribution in [3.05, 3.63) is 18.0 Å². The zero-order valence-corrected chi connectivity index (χ0v) is 11.3. The van der Waals surface area contributed by atoms with Gasteiger partial charge in [-0.25, -0.2) is 0 Å². The highest BCUT2D eigenvalue weighted by Crippen LogP contribution is 2.31. The van der Waals surface area contributed by atoms with E-state index in [9.17, 15) is 0 Å². The molecule has 0 saturated heterocycles. The topological polar surface area (TPSA) is 29.9 Å². The van der Waals surface area contributed by atoms with Crippen LogP contribution >= 0.6 is 0 Å². The van der Waals surface area contributed by atoms with Crippen LogP contribution in [0.5, 0.6) is 0 Å². The fraction of sp³-hybridized carbons (Fsp3) is 0.786. The number of aryl methyl sites for hydroxylation is 1. The van der Waals surface area contributed by atoms with Gasteiger partial charge < -0.3 is 5.32 Å². The van der Waals surface area contributed by atoms with Gasteiger partial charge >= 0.3 is 0 Å². The van der Waals surface area contributed by atoms with Gasteiger partial charge in [0.15, 0.2) is 0 Å². The number of rotatable bonds is 4. The zero-order chi connectivity index (χ0) is 12.3. The smallest absolute Gasteiger partial charge is 0.0640 e. The lowest BCUT2D eigenvalue weighted by molar-refractivity contribution is 0.226. The maximum atomic E-state index is 4.49. The molecule has 0 amide bonds. The van der Waals surface area contributed by atoms with Gasteiger partial charge in [-0.2, -0.15) is 5.10 Å². The van der Waals surface area contributed by atoms with E-state index in [1.165, 1.54) is 31.4 Å². The summed E-state index contributed by atoms with van der Waals surface area (Å²) in [6.07, 6.45) is 8.66. The van der Waals surface area contributed by atoms with Gasteiger partial charge in [-0.05, 0) is 37.8 Å². The molecule has 1 aromatic rings. The summed E-state index contributed by atoms with van der Waals surface area (Å²) in [5, 5.41) is 7.99. The van der Waals surface area contributed by atoms with Crippen molar-refractivity contribution in [1.82, 2.24) is 15.1 Å². The minimum absolute atomic E-state index is 0.590. The van der Waals surface area contributed by atoms with Crippen LogP contribution in [-0.2, 0) is 13.5 Å². The Bertz CT molecular complexity index is 345. The van der Waals surface area contributed by atoms with E-state index in [0.717, 1.165) is 18.3 Å². The predicted octanol–water partition coefficient (Wildman–Crippen LogP) is 2.38. The van der Waals surface area contributed by atoms with Gasteiger partial charge in [0.2, 0.25) is 0 Å². The molecule has 17 heavy (non-hydrogen) atoms. The molecule has 0 aromatic carbocycles. The van der Waals surface area contributed by atoms with E-state index in [1.54, 1.807) is 0 Å². The third-order valence-electron chi connectivity index (χ3n) is 4.11. The molecular formula is C14H25N3. The minimum atomic E-state index is 0.590.